The number of aliphatic hydroxyl groups is 1. The van der Waals surface area contributed by atoms with E-state index in [-0.39, 0.29) is 18.6 Å². The quantitative estimate of drug-likeness (QED) is 0.882. The fourth-order valence-corrected chi connectivity index (χ4v) is 3.11. The van der Waals surface area contributed by atoms with E-state index < -0.39 is 0 Å². The topological polar surface area (TPSA) is 49.3 Å². The second-order valence-corrected chi connectivity index (χ2v) is 6.04. The van der Waals surface area contributed by atoms with Crippen molar-refractivity contribution in [2.24, 2.45) is 5.92 Å². The van der Waals surface area contributed by atoms with Gasteiger partial charge in [-0.1, -0.05) is 32.0 Å². The minimum absolute atomic E-state index is 0.0218. The van der Waals surface area contributed by atoms with Crippen molar-refractivity contribution in [2.45, 2.75) is 26.3 Å². The second-order valence-electron chi connectivity index (χ2n) is 5.13. The van der Waals surface area contributed by atoms with E-state index in [0.717, 1.165) is 16.5 Å². The number of hydrogen-bond acceptors (Lipinski definition) is 3. The third-order valence-corrected chi connectivity index (χ3v) is 4.00. The second kappa shape index (κ2) is 6.17. The van der Waals surface area contributed by atoms with Crippen molar-refractivity contribution in [3.63, 3.8) is 0 Å². The van der Waals surface area contributed by atoms with E-state index in [1.807, 2.05) is 29.6 Å². The molecule has 2 aromatic rings. The molecule has 2 rings (SSSR count). The SMILES string of the molecule is CC(C)CC(CO)NC(=O)c1csc2ccccc12. The van der Waals surface area contributed by atoms with Gasteiger partial charge in [-0.05, 0) is 18.4 Å². The van der Waals surface area contributed by atoms with Crippen LogP contribution in [-0.2, 0) is 0 Å². The lowest BCUT2D eigenvalue weighted by Crippen LogP contribution is -2.38. The molecule has 1 amide bonds. The van der Waals surface area contributed by atoms with Gasteiger partial charge in [0.05, 0.1) is 18.2 Å². The Bertz CT molecular complexity index is 562. The number of thiophene rings is 1. The van der Waals surface area contributed by atoms with Crippen molar-refractivity contribution in [1.29, 1.82) is 0 Å². The maximum atomic E-state index is 12.3. The summed E-state index contributed by atoms with van der Waals surface area (Å²) in [5.41, 5.74) is 0.697. The molecule has 2 N–H and O–H groups in total. The average Bonchev–Trinajstić information content (AvgIpc) is 2.81. The summed E-state index contributed by atoms with van der Waals surface area (Å²) in [7, 11) is 0. The molecule has 0 saturated heterocycles. The molecule has 1 heterocycles. The Kier molecular flexibility index (Phi) is 4.56. The van der Waals surface area contributed by atoms with Crippen LogP contribution in [0.2, 0.25) is 0 Å². The van der Waals surface area contributed by atoms with Gasteiger partial charge in [-0.25, -0.2) is 0 Å². The largest absolute Gasteiger partial charge is 0.394 e. The minimum atomic E-state index is -0.175. The van der Waals surface area contributed by atoms with Gasteiger partial charge in [-0.15, -0.1) is 11.3 Å². The van der Waals surface area contributed by atoms with Crippen LogP contribution in [0.25, 0.3) is 10.1 Å². The number of amides is 1. The van der Waals surface area contributed by atoms with E-state index in [1.54, 1.807) is 11.3 Å². The van der Waals surface area contributed by atoms with Crippen LogP contribution in [0.5, 0.6) is 0 Å². The van der Waals surface area contributed by atoms with Crippen molar-refractivity contribution < 1.29 is 9.90 Å². The van der Waals surface area contributed by atoms with Crippen LogP contribution >= 0.6 is 11.3 Å². The van der Waals surface area contributed by atoms with Crippen molar-refractivity contribution in [1.82, 2.24) is 5.32 Å². The fraction of sp³-hybridized carbons (Fsp3) is 0.400. The van der Waals surface area contributed by atoms with Crippen molar-refractivity contribution in [3.05, 3.63) is 35.2 Å². The number of nitrogens with one attached hydrogen (secondary N) is 1. The molecule has 0 fully saturated rings. The molecule has 4 heteroatoms. The summed E-state index contributed by atoms with van der Waals surface area (Å²) < 4.78 is 1.11. The molecule has 0 radical (unpaired) electrons. The van der Waals surface area contributed by atoms with Gasteiger partial charge in [0.2, 0.25) is 0 Å². The monoisotopic (exact) mass is 277 g/mol. The average molecular weight is 277 g/mol. The summed E-state index contributed by atoms with van der Waals surface area (Å²) in [6, 6.07) is 7.69. The first-order valence-electron chi connectivity index (χ1n) is 6.49. The summed E-state index contributed by atoms with van der Waals surface area (Å²) in [5, 5.41) is 15.1. The molecule has 0 aliphatic rings. The minimum Gasteiger partial charge on any atom is -0.394 e. The number of carbonyl (C=O) groups is 1. The molecule has 19 heavy (non-hydrogen) atoms. The molecule has 3 nitrogen and oxygen atoms in total. The molecule has 1 aromatic heterocycles. The van der Waals surface area contributed by atoms with Gasteiger partial charge in [-0.2, -0.15) is 0 Å². The van der Waals surface area contributed by atoms with E-state index in [0.29, 0.717) is 11.5 Å². The number of rotatable bonds is 5. The molecule has 102 valence electrons. The highest BCUT2D eigenvalue weighted by Crippen LogP contribution is 2.25. The van der Waals surface area contributed by atoms with Gasteiger partial charge in [-0.3, -0.25) is 4.79 Å². The number of aliphatic hydroxyl groups excluding tert-OH is 1. The maximum Gasteiger partial charge on any atom is 0.253 e. The Morgan fingerprint density at radius 2 is 2.11 bits per heavy atom. The highest BCUT2D eigenvalue weighted by Gasteiger charge is 2.17. The van der Waals surface area contributed by atoms with Crippen LogP contribution in [0.15, 0.2) is 29.6 Å². The zero-order chi connectivity index (χ0) is 13.8. The summed E-state index contributed by atoms with van der Waals surface area (Å²) >= 11 is 1.57. The normalized spacial score (nSPS) is 12.8. The molecule has 0 aliphatic carbocycles. The van der Waals surface area contributed by atoms with Crippen LogP contribution in [0.1, 0.15) is 30.6 Å². The van der Waals surface area contributed by atoms with Crippen LogP contribution in [0, 0.1) is 5.92 Å². The van der Waals surface area contributed by atoms with E-state index in [1.165, 1.54) is 0 Å². The van der Waals surface area contributed by atoms with Crippen molar-refractivity contribution in [2.75, 3.05) is 6.61 Å². The van der Waals surface area contributed by atoms with Crippen LogP contribution in [0.3, 0.4) is 0 Å². The van der Waals surface area contributed by atoms with Gasteiger partial charge in [0.25, 0.3) is 5.91 Å². The number of carbonyl (C=O) groups excluding carboxylic acids is 1. The fourth-order valence-electron chi connectivity index (χ4n) is 2.16. The first kappa shape index (κ1) is 14.0. The Morgan fingerprint density at radius 1 is 1.37 bits per heavy atom. The predicted molar refractivity (Wildman–Crippen MR) is 79.6 cm³/mol. The lowest BCUT2D eigenvalue weighted by molar-refractivity contribution is 0.0910. The standard InChI is InChI=1S/C15H19NO2S/c1-10(2)7-11(8-17)16-15(18)13-9-19-14-6-4-3-5-12(13)14/h3-6,9-11,17H,7-8H2,1-2H3,(H,16,18). The molecule has 1 unspecified atom stereocenters. The summed E-state index contributed by atoms with van der Waals surface area (Å²) in [5.74, 6) is 0.341. The highest BCUT2D eigenvalue weighted by atomic mass is 32.1. The highest BCUT2D eigenvalue weighted by molar-refractivity contribution is 7.17. The summed E-state index contributed by atoms with van der Waals surface area (Å²) in [4.78, 5) is 12.3. The van der Waals surface area contributed by atoms with Crippen molar-refractivity contribution >= 4 is 27.3 Å². The number of hydrogen-bond donors (Lipinski definition) is 2. The number of fused-ring (bicyclic) bond motifs is 1. The van der Waals surface area contributed by atoms with E-state index in [2.05, 4.69) is 19.2 Å². The molecule has 0 saturated carbocycles. The first-order valence-corrected chi connectivity index (χ1v) is 7.37. The van der Waals surface area contributed by atoms with Crippen LogP contribution in [0.4, 0.5) is 0 Å². The zero-order valence-electron chi connectivity index (χ0n) is 11.2. The summed E-state index contributed by atoms with van der Waals surface area (Å²) in [6.07, 6.45) is 0.782. The number of benzene rings is 1. The lowest BCUT2D eigenvalue weighted by atomic mass is 10.0. The Hall–Kier alpha value is -1.39. The zero-order valence-corrected chi connectivity index (χ0v) is 12.0. The Morgan fingerprint density at radius 3 is 2.79 bits per heavy atom. The van der Waals surface area contributed by atoms with E-state index in [4.69, 9.17) is 0 Å². The van der Waals surface area contributed by atoms with Crippen molar-refractivity contribution in [3.8, 4) is 0 Å². The van der Waals surface area contributed by atoms with Crippen LogP contribution < -0.4 is 5.32 Å². The molecule has 0 bridgehead atoms. The molecule has 1 aromatic carbocycles. The lowest BCUT2D eigenvalue weighted by Gasteiger charge is -2.18. The molecule has 0 spiro atoms. The summed E-state index contributed by atoms with van der Waals surface area (Å²) in [6.45, 7) is 4.13. The third kappa shape index (κ3) is 3.33. The Labute approximate surface area is 117 Å². The Balaban J connectivity index is 2.15. The molecule has 0 aliphatic heterocycles. The van der Waals surface area contributed by atoms with E-state index in [9.17, 15) is 9.90 Å². The van der Waals surface area contributed by atoms with Gasteiger partial charge in [0, 0.05) is 15.5 Å². The van der Waals surface area contributed by atoms with Gasteiger partial charge in [0.15, 0.2) is 0 Å². The molecular formula is C15H19NO2S. The van der Waals surface area contributed by atoms with Gasteiger partial charge in [0.1, 0.15) is 0 Å². The molecular weight excluding hydrogens is 258 g/mol. The van der Waals surface area contributed by atoms with Gasteiger partial charge < -0.3 is 10.4 Å². The smallest absolute Gasteiger partial charge is 0.253 e. The third-order valence-electron chi connectivity index (χ3n) is 3.04. The maximum absolute atomic E-state index is 12.3. The molecule has 1 atom stereocenters. The predicted octanol–water partition coefficient (Wildman–Crippen LogP) is 3.04. The van der Waals surface area contributed by atoms with Gasteiger partial charge >= 0.3 is 0 Å². The first-order chi connectivity index (χ1) is 9.11. The van der Waals surface area contributed by atoms with E-state index >= 15 is 0 Å². The van der Waals surface area contributed by atoms with Crippen LogP contribution in [-0.4, -0.2) is 23.7 Å².